The smallest absolute Gasteiger partial charge is 0.323 e. The van der Waals surface area contributed by atoms with E-state index in [4.69, 9.17) is 4.42 Å². The normalized spacial score (nSPS) is 16.4. The van der Waals surface area contributed by atoms with Gasteiger partial charge >= 0.3 is 6.03 Å². The predicted molar refractivity (Wildman–Crippen MR) is 75.9 cm³/mol. The van der Waals surface area contributed by atoms with Gasteiger partial charge in [0, 0.05) is 19.0 Å². The van der Waals surface area contributed by atoms with Gasteiger partial charge in [-0.25, -0.2) is 4.79 Å². The Morgan fingerprint density at radius 3 is 2.85 bits per heavy atom. The minimum atomic E-state index is -0.0981. The van der Waals surface area contributed by atoms with Gasteiger partial charge in [0.1, 0.15) is 10.8 Å². The van der Waals surface area contributed by atoms with Crippen LogP contribution < -0.4 is 5.32 Å². The molecule has 0 bridgehead atoms. The zero-order chi connectivity index (χ0) is 13.9. The van der Waals surface area contributed by atoms with E-state index >= 15 is 0 Å². The second kappa shape index (κ2) is 5.62. The van der Waals surface area contributed by atoms with Gasteiger partial charge in [0.15, 0.2) is 0 Å². The number of nitrogens with one attached hydrogen (secondary N) is 1. The van der Waals surface area contributed by atoms with Gasteiger partial charge in [-0.2, -0.15) is 0 Å². The lowest BCUT2D eigenvalue weighted by atomic mass is 9.94. The molecule has 20 heavy (non-hydrogen) atoms. The van der Waals surface area contributed by atoms with E-state index in [9.17, 15) is 4.79 Å². The molecule has 0 unspecified atom stereocenters. The molecule has 1 aliphatic heterocycles. The zero-order valence-corrected chi connectivity index (χ0v) is 12.0. The van der Waals surface area contributed by atoms with Gasteiger partial charge in [0.2, 0.25) is 5.13 Å². The van der Waals surface area contributed by atoms with Crippen LogP contribution >= 0.6 is 11.3 Å². The molecule has 1 fully saturated rings. The largest absolute Gasteiger partial charge is 0.469 e. The lowest BCUT2D eigenvalue weighted by Gasteiger charge is -2.30. The van der Waals surface area contributed by atoms with Crippen molar-refractivity contribution < 1.29 is 9.21 Å². The summed E-state index contributed by atoms with van der Waals surface area (Å²) in [5.74, 6) is 1.43. The van der Waals surface area contributed by atoms with Gasteiger partial charge in [0.25, 0.3) is 0 Å². The third-order valence-corrected chi connectivity index (χ3v) is 4.22. The average molecular weight is 292 g/mol. The molecule has 1 N–H and O–H groups in total. The maximum Gasteiger partial charge on any atom is 0.323 e. The van der Waals surface area contributed by atoms with E-state index < -0.39 is 0 Å². The molecule has 0 atom stereocenters. The highest BCUT2D eigenvalue weighted by molar-refractivity contribution is 7.15. The molecule has 3 rings (SSSR count). The predicted octanol–water partition coefficient (Wildman–Crippen LogP) is 2.85. The van der Waals surface area contributed by atoms with Crippen molar-refractivity contribution in [3.05, 3.63) is 29.2 Å². The first-order valence-electron chi connectivity index (χ1n) is 6.62. The first-order chi connectivity index (χ1) is 9.72. The molecule has 0 aliphatic carbocycles. The number of carbonyl (C=O) groups excluding carboxylic acids is 1. The summed E-state index contributed by atoms with van der Waals surface area (Å²) in [6, 6.07) is 3.82. The summed E-state index contributed by atoms with van der Waals surface area (Å²) in [7, 11) is 0. The van der Waals surface area contributed by atoms with E-state index in [1.807, 2.05) is 24.0 Å². The summed E-state index contributed by atoms with van der Waals surface area (Å²) >= 11 is 1.38. The number of carbonyl (C=O) groups is 1. The molecule has 0 spiro atoms. The van der Waals surface area contributed by atoms with Crippen molar-refractivity contribution in [3.8, 4) is 0 Å². The number of aryl methyl sites for hydroxylation is 1. The second-order valence-electron chi connectivity index (χ2n) is 4.83. The van der Waals surface area contributed by atoms with Gasteiger partial charge in [0.05, 0.1) is 6.26 Å². The maximum atomic E-state index is 12.1. The van der Waals surface area contributed by atoms with E-state index in [0.717, 1.165) is 36.7 Å². The maximum absolute atomic E-state index is 12.1. The van der Waals surface area contributed by atoms with Crippen LogP contribution in [-0.2, 0) is 0 Å². The fourth-order valence-corrected chi connectivity index (χ4v) is 2.99. The highest BCUT2D eigenvalue weighted by atomic mass is 32.1. The quantitative estimate of drug-likeness (QED) is 0.924. The summed E-state index contributed by atoms with van der Waals surface area (Å²) in [5, 5.41) is 12.0. The Morgan fingerprint density at radius 1 is 1.45 bits per heavy atom. The Morgan fingerprint density at radius 2 is 2.25 bits per heavy atom. The van der Waals surface area contributed by atoms with Crippen LogP contribution in [0.3, 0.4) is 0 Å². The summed E-state index contributed by atoms with van der Waals surface area (Å²) in [5.41, 5.74) is 0. The number of hydrogen-bond acceptors (Lipinski definition) is 5. The molecule has 2 aromatic rings. The molecule has 0 radical (unpaired) electrons. The van der Waals surface area contributed by atoms with Crippen molar-refractivity contribution >= 4 is 22.5 Å². The number of anilines is 1. The average Bonchev–Trinajstić information content (AvgIpc) is 3.11. The molecule has 106 valence electrons. The Bertz CT molecular complexity index is 573. The number of hydrogen-bond donors (Lipinski definition) is 1. The van der Waals surface area contributed by atoms with Crippen molar-refractivity contribution in [1.29, 1.82) is 0 Å². The first kappa shape index (κ1) is 13.1. The second-order valence-corrected chi connectivity index (χ2v) is 6.01. The monoisotopic (exact) mass is 292 g/mol. The Labute approximate surface area is 120 Å². The van der Waals surface area contributed by atoms with E-state index in [-0.39, 0.29) is 6.03 Å². The molecule has 6 nitrogen and oxygen atoms in total. The van der Waals surface area contributed by atoms with Gasteiger partial charge in [-0.05, 0) is 31.9 Å². The SMILES string of the molecule is Cc1nnc(NC(=O)N2CCC(c3ccco3)CC2)s1. The molecular formula is C13H16N4O2S. The summed E-state index contributed by atoms with van der Waals surface area (Å²) in [6.45, 7) is 3.33. The number of nitrogens with zero attached hydrogens (tertiary/aromatic N) is 3. The van der Waals surface area contributed by atoms with E-state index in [2.05, 4.69) is 15.5 Å². The standard InChI is InChI=1S/C13H16N4O2S/c1-9-15-16-12(20-9)14-13(18)17-6-4-10(5-7-17)11-3-2-8-19-11/h2-3,8,10H,4-7H2,1H3,(H,14,16,18). The molecule has 3 heterocycles. The van der Waals surface area contributed by atoms with Crippen LogP contribution in [0.25, 0.3) is 0 Å². The number of furan rings is 1. The van der Waals surface area contributed by atoms with Crippen LogP contribution in [0.5, 0.6) is 0 Å². The third kappa shape index (κ3) is 2.82. The number of amides is 2. The van der Waals surface area contributed by atoms with Crippen LogP contribution in [0.1, 0.15) is 29.5 Å². The van der Waals surface area contributed by atoms with E-state index in [1.165, 1.54) is 11.3 Å². The van der Waals surface area contributed by atoms with Crippen molar-refractivity contribution in [2.24, 2.45) is 0 Å². The lowest BCUT2D eigenvalue weighted by molar-refractivity contribution is 0.191. The van der Waals surface area contributed by atoms with Gasteiger partial charge in [-0.3, -0.25) is 5.32 Å². The van der Waals surface area contributed by atoms with Crippen LogP contribution in [0.15, 0.2) is 22.8 Å². The molecule has 7 heteroatoms. The summed E-state index contributed by atoms with van der Waals surface area (Å²) in [4.78, 5) is 13.9. The number of aromatic nitrogens is 2. The molecule has 2 aromatic heterocycles. The fraction of sp³-hybridized carbons (Fsp3) is 0.462. The number of rotatable bonds is 2. The molecule has 1 aliphatic rings. The summed E-state index contributed by atoms with van der Waals surface area (Å²) < 4.78 is 5.43. The molecule has 2 amide bonds. The Balaban J connectivity index is 1.54. The van der Waals surface area contributed by atoms with Crippen LogP contribution in [-0.4, -0.2) is 34.2 Å². The molecule has 0 saturated carbocycles. The number of likely N-dealkylation sites (tertiary alicyclic amines) is 1. The van der Waals surface area contributed by atoms with Crippen molar-refractivity contribution in [2.75, 3.05) is 18.4 Å². The Hall–Kier alpha value is -1.89. The molecule has 1 saturated heterocycles. The molecular weight excluding hydrogens is 276 g/mol. The van der Waals surface area contributed by atoms with E-state index in [0.29, 0.717) is 11.0 Å². The van der Waals surface area contributed by atoms with Crippen LogP contribution in [0.4, 0.5) is 9.93 Å². The van der Waals surface area contributed by atoms with Crippen molar-refractivity contribution in [2.45, 2.75) is 25.7 Å². The summed E-state index contributed by atoms with van der Waals surface area (Å²) in [6.07, 6.45) is 3.55. The van der Waals surface area contributed by atoms with Crippen molar-refractivity contribution in [3.63, 3.8) is 0 Å². The van der Waals surface area contributed by atoms with Crippen LogP contribution in [0, 0.1) is 6.92 Å². The van der Waals surface area contributed by atoms with Gasteiger partial charge < -0.3 is 9.32 Å². The number of piperidine rings is 1. The highest BCUT2D eigenvalue weighted by Crippen LogP contribution is 2.28. The zero-order valence-electron chi connectivity index (χ0n) is 11.2. The first-order valence-corrected chi connectivity index (χ1v) is 7.43. The minimum absolute atomic E-state index is 0.0981. The minimum Gasteiger partial charge on any atom is -0.469 e. The third-order valence-electron chi connectivity index (χ3n) is 3.47. The molecule has 0 aromatic carbocycles. The fourth-order valence-electron chi connectivity index (χ4n) is 2.41. The topological polar surface area (TPSA) is 71.3 Å². The van der Waals surface area contributed by atoms with Crippen LogP contribution in [0.2, 0.25) is 0 Å². The van der Waals surface area contributed by atoms with E-state index in [1.54, 1.807) is 6.26 Å². The number of urea groups is 1. The Kier molecular flexibility index (Phi) is 3.68. The van der Waals surface area contributed by atoms with Gasteiger partial charge in [-0.15, -0.1) is 10.2 Å². The highest BCUT2D eigenvalue weighted by Gasteiger charge is 2.25. The lowest BCUT2D eigenvalue weighted by Crippen LogP contribution is -2.40. The van der Waals surface area contributed by atoms with Crippen molar-refractivity contribution in [1.82, 2.24) is 15.1 Å². The van der Waals surface area contributed by atoms with Gasteiger partial charge in [-0.1, -0.05) is 11.3 Å².